The Morgan fingerprint density at radius 1 is 1.65 bits per heavy atom. The molecule has 1 rings (SSSR count). The van der Waals surface area contributed by atoms with Crippen LogP contribution in [0.2, 0.25) is 0 Å². The lowest BCUT2D eigenvalue weighted by atomic mass is 10.2. The number of alkyl halides is 3. The quantitative estimate of drug-likeness (QED) is 0.755. The van der Waals surface area contributed by atoms with Gasteiger partial charge in [-0.05, 0) is 0 Å². The van der Waals surface area contributed by atoms with Crippen LogP contribution < -0.4 is 11.1 Å². The van der Waals surface area contributed by atoms with Crippen molar-refractivity contribution in [1.82, 2.24) is 4.98 Å². The summed E-state index contributed by atoms with van der Waals surface area (Å²) in [6.45, 7) is -0.307. The normalized spacial score (nSPS) is 13.4. The first-order chi connectivity index (χ1) is 7.79. The van der Waals surface area contributed by atoms with Gasteiger partial charge in [0.15, 0.2) is 5.13 Å². The van der Waals surface area contributed by atoms with Gasteiger partial charge in [0.05, 0.1) is 12.1 Å². The van der Waals surface area contributed by atoms with Gasteiger partial charge in [0, 0.05) is 11.9 Å². The van der Waals surface area contributed by atoms with Crippen LogP contribution in [0, 0.1) is 0 Å². The Morgan fingerprint density at radius 2 is 2.29 bits per heavy atom. The maximum Gasteiger partial charge on any atom is 0.390 e. The molecular formula is C8H10F3N3O2S. The Bertz CT molecular complexity index is 394. The predicted molar refractivity (Wildman–Crippen MR) is 55.8 cm³/mol. The summed E-state index contributed by atoms with van der Waals surface area (Å²) in [4.78, 5) is 14.3. The zero-order valence-corrected chi connectivity index (χ0v) is 9.31. The molecule has 1 unspecified atom stereocenters. The van der Waals surface area contributed by atoms with E-state index in [1.807, 2.05) is 0 Å². The number of hydrogen-bond acceptors (Lipinski definition) is 5. The molecule has 1 heterocycles. The average molecular weight is 269 g/mol. The number of hydrogen-bond donors (Lipinski definition) is 3. The molecule has 96 valence electrons. The van der Waals surface area contributed by atoms with Crippen molar-refractivity contribution in [2.75, 3.05) is 11.9 Å². The molecule has 0 saturated heterocycles. The van der Waals surface area contributed by atoms with Gasteiger partial charge in [0.1, 0.15) is 6.04 Å². The highest BCUT2D eigenvalue weighted by Crippen LogP contribution is 2.22. The number of aromatic nitrogens is 1. The standard InChI is InChI=1S/C8H10F3N3O2S/c9-8(10,11)1-2-13-7-14-4(3-17-7)5(12)6(15)16/h3,5H,1-2,12H2,(H,13,14)(H,15,16). The maximum absolute atomic E-state index is 11.8. The van der Waals surface area contributed by atoms with Crippen molar-refractivity contribution in [2.45, 2.75) is 18.6 Å². The fraction of sp³-hybridized carbons (Fsp3) is 0.500. The van der Waals surface area contributed by atoms with Gasteiger partial charge in [-0.1, -0.05) is 0 Å². The summed E-state index contributed by atoms with van der Waals surface area (Å²) < 4.78 is 35.5. The Hall–Kier alpha value is -1.35. The number of halogens is 3. The third kappa shape index (κ3) is 4.57. The summed E-state index contributed by atoms with van der Waals surface area (Å²) in [5, 5.41) is 12.7. The summed E-state index contributed by atoms with van der Waals surface area (Å²) >= 11 is 1.01. The average Bonchev–Trinajstić information content (AvgIpc) is 2.63. The Morgan fingerprint density at radius 3 is 2.82 bits per heavy atom. The number of nitrogens with two attached hydrogens (primary N) is 1. The van der Waals surface area contributed by atoms with E-state index in [0.29, 0.717) is 0 Å². The van der Waals surface area contributed by atoms with Crippen LogP contribution in [0.15, 0.2) is 5.38 Å². The molecule has 0 saturated carbocycles. The molecule has 0 aliphatic rings. The van der Waals surface area contributed by atoms with Crippen molar-refractivity contribution in [1.29, 1.82) is 0 Å². The monoisotopic (exact) mass is 269 g/mol. The lowest BCUT2D eigenvalue weighted by Gasteiger charge is -2.06. The maximum atomic E-state index is 11.8. The molecule has 9 heteroatoms. The number of carbonyl (C=O) groups is 1. The van der Waals surface area contributed by atoms with Crippen LogP contribution in [0.5, 0.6) is 0 Å². The summed E-state index contributed by atoms with van der Waals surface area (Å²) in [5.74, 6) is -1.24. The van der Waals surface area contributed by atoms with Gasteiger partial charge in [-0.2, -0.15) is 13.2 Å². The third-order valence-corrected chi connectivity index (χ3v) is 2.61. The molecule has 0 aliphatic heterocycles. The minimum absolute atomic E-state index is 0.122. The minimum Gasteiger partial charge on any atom is -0.480 e. The second-order valence-electron chi connectivity index (χ2n) is 3.19. The number of anilines is 1. The van der Waals surface area contributed by atoms with Crippen LogP contribution in [-0.4, -0.2) is 28.8 Å². The van der Waals surface area contributed by atoms with Crippen LogP contribution in [0.25, 0.3) is 0 Å². The number of nitrogens with zero attached hydrogens (tertiary/aromatic N) is 1. The molecule has 17 heavy (non-hydrogen) atoms. The SMILES string of the molecule is NC(C(=O)O)c1csc(NCCC(F)(F)F)n1. The molecule has 4 N–H and O–H groups in total. The minimum atomic E-state index is -4.23. The highest BCUT2D eigenvalue weighted by atomic mass is 32.1. The van der Waals surface area contributed by atoms with Crippen LogP contribution in [0.1, 0.15) is 18.2 Å². The highest BCUT2D eigenvalue weighted by Gasteiger charge is 2.26. The van der Waals surface area contributed by atoms with Gasteiger partial charge in [0.2, 0.25) is 0 Å². The van der Waals surface area contributed by atoms with Gasteiger partial charge in [-0.15, -0.1) is 11.3 Å². The van der Waals surface area contributed by atoms with Crippen molar-refractivity contribution in [3.8, 4) is 0 Å². The van der Waals surface area contributed by atoms with Gasteiger partial charge in [-0.25, -0.2) is 4.98 Å². The largest absolute Gasteiger partial charge is 0.480 e. The lowest BCUT2D eigenvalue weighted by molar-refractivity contribution is -0.138. The first kappa shape index (κ1) is 13.7. The molecule has 5 nitrogen and oxygen atoms in total. The second-order valence-corrected chi connectivity index (χ2v) is 4.04. The number of aliphatic carboxylic acids is 1. The second kappa shape index (κ2) is 5.32. The summed E-state index contributed by atoms with van der Waals surface area (Å²) in [6, 6.07) is -1.26. The zero-order chi connectivity index (χ0) is 13.1. The van der Waals surface area contributed by atoms with Crippen molar-refractivity contribution in [3.05, 3.63) is 11.1 Å². The Labute approximate surface area is 98.5 Å². The number of nitrogens with one attached hydrogen (secondary N) is 1. The molecule has 0 bridgehead atoms. The van der Waals surface area contributed by atoms with E-state index in [2.05, 4.69) is 10.3 Å². The zero-order valence-electron chi connectivity index (χ0n) is 8.49. The van der Waals surface area contributed by atoms with Gasteiger partial charge in [0.25, 0.3) is 0 Å². The first-order valence-corrected chi connectivity index (χ1v) is 5.42. The van der Waals surface area contributed by atoms with Gasteiger partial charge >= 0.3 is 12.1 Å². The van der Waals surface area contributed by atoms with E-state index < -0.39 is 24.6 Å². The van der Waals surface area contributed by atoms with E-state index in [4.69, 9.17) is 10.8 Å². The Kier molecular flexibility index (Phi) is 4.29. The predicted octanol–water partition coefficient (Wildman–Crippen LogP) is 1.59. The van der Waals surface area contributed by atoms with Crippen LogP contribution >= 0.6 is 11.3 Å². The van der Waals surface area contributed by atoms with Gasteiger partial charge in [-0.3, -0.25) is 4.79 Å². The Balaban J connectivity index is 2.49. The molecule has 1 aromatic heterocycles. The molecular weight excluding hydrogens is 259 g/mol. The van der Waals surface area contributed by atoms with E-state index in [9.17, 15) is 18.0 Å². The van der Waals surface area contributed by atoms with Crippen molar-refractivity contribution < 1.29 is 23.1 Å². The number of carboxylic acids is 1. The molecule has 0 spiro atoms. The molecule has 0 aromatic carbocycles. The fourth-order valence-corrected chi connectivity index (χ4v) is 1.72. The molecule has 0 fully saturated rings. The van der Waals surface area contributed by atoms with Crippen molar-refractivity contribution in [2.24, 2.45) is 5.73 Å². The summed E-state index contributed by atoms with van der Waals surface area (Å²) in [6.07, 6.45) is -5.21. The van der Waals surface area contributed by atoms with E-state index in [1.165, 1.54) is 5.38 Å². The first-order valence-electron chi connectivity index (χ1n) is 4.54. The van der Waals surface area contributed by atoms with E-state index in [-0.39, 0.29) is 17.4 Å². The van der Waals surface area contributed by atoms with E-state index in [1.54, 1.807) is 0 Å². The van der Waals surface area contributed by atoms with Crippen molar-refractivity contribution in [3.63, 3.8) is 0 Å². The summed E-state index contributed by atoms with van der Waals surface area (Å²) in [7, 11) is 0. The number of thiazole rings is 1. The smallest absolute Gasteiger partial charge is 0.390 e. The number of carboxylic acid groups (broad SMARTS) is 1. The molecule has 0 aliphatic carbocycles. The molecule has 0 radical (unpaired) electrons. The van der Waals surface area contributed by atoms with Crippen LogP contribution in [0.4, 0.5) is 18.3 Å². The molecule has 1 atom stereocenters. The third-order valence-electron chi connectivity index (χ3n) is 1.79. The molecule has 0 amide bonds. The van der Waals surface area contributed by atoms with E-state index in [0.717, 1.165) is 11.3 Å². The highest BCUT2D eigenvalue weighted by molar-refractivity contribution is 7.13. The molecule has 1 aromatic rings. The van der Waals surface area contributed by atoms with E-state index >= 15 is 0 Å². The van der Waals surface area contributed by atoms with Crippen LogP contribution in [-0.2, 0) is 4.79 Å². The van der Waals surface area contributed by atoms with Gasteiger partial charge < -0.3 is 16.2 Å². The summed E-state index contributed by atoms with van der Waals surface area (Å²) in [5.41, 5.74) is 5.41. The lowest BCUT2D eigenvalue weighted by Crippen LogP contribution is -2.21. The fourth-order valence-electron chi connectivity index (χ4n) is 0.948. The van der Waals surface area contributed by atoms with Crippen LogP contribution in [0.3, 0.4) is 0 Å². The number of rotatable bonds is 5. The topological polar surface area (TPSA) is 88.2 Å². The van der Waals surface area contributed by atoms with Crippen molar-refractivity contribution >= 4 is 22.4 Å².